The summed E-state index contributed by atoms with van der Waals surface area (Å²) >= 11 is 0. The quantitative estimate of drug-likeness (QED) is 0.776. The van der Waals surface area contributed by atoms with Crippen LogP contribution >= 0.6 is 0 Å². The van der Waals surface area contributed by atoms with Gasteiger partial charge in [0.25, 0.3) is 0 Å². The Morgan fingerprint density at radius 1 is 1.50 bits per heavy atom. The number of ether oxygens (including phenoxy) is 2. The molecule has 0 bridgehead atoms. The number of carbonyl (C=O) groups is 1. The SMILES string of the molecule is COC(=O)C(N)Cc1cccc(OCC2CC2)c1. The van der Waals surface area contributed by atoms with Gasteiger partial charge in [0.2, 0.25) is 0 Å². The fourth-order valence-electron chi connectivity index (χ4n) is 1.75. The van der Waals surface area contributed by atoms with Gasteiger partial charge in [-0.05, 0) is 42.9 Å². The molecule has 2 rings (SSSR count). The van der Waals surface area contributed by atoms with Crippen LogP contribution in [0.3, 0.4) is 0 Å². The van der Waals surface area contributed by atoms with Gasteiger partial charge in [0.05, 0.1) is 13.7 Å². The molecule has 0 heterocycles. The maximum absolute atomic E-state index is 11.2. The highest BCUT2D eigenvalue weighted by Crippen LogP contribution is 2.29. The minimum absolute atomic E-state index is 0.390. The molecule has 1 saturated carbocycles. The summed E-state index contributed by atoms with van der Waals surface area (Å²) in [6.45, 7) is 0.784. The number of nitrogens with two attached hydrogens (primary N) is 1. The van der Waals surface area contributed by atoms with Crippen LogP contribution in [0, 0.1) is 5.92 Å². The van der Waals surface area contributed by atoms with Crippen LogP contribution < -0.4 is 10.5 Å². The Labute approximate surface area is 107 Å². The highest BCUT2D eigenvalue weighted by Gasteiger charge is 2.22. The van der Waals surface area contributed by atoms with E-state index in [4.69, 9.17) is 10.5 Å². The first kappa shape index (κ1) is 12.9. The molecule has 1 aromatic carbocycles. The second-order valence-electron chi connectivity index (χ2n) is 4.74. The van der Waals surface area contributed by atoms with E-state index in [1.54, 1.807) is 0 Å². The highest BCUT2D eigenvalue weighted by molar-refractivity contribution is 5.75. The fraction of sp³-hybridized carbons (Fsp3) is 0.500. The van der Waals surface area contributed by atoms with Crippen molar-refractivity contribution < 1.29 is 14.3 Å². The molecule has 18 heavy (non-hydrogen) atoms. The molecule has 1 atom stereocenters. The molecule has 4 nitrogen and oxygen atoms in total. The summed E-state index contributed by atoms with van der Waals surface area (Å²) in [7, 11) is 1.34. The Kier molecular flexibility index (Phi) is 4.20. The van der Waals surface area contributed by atoms with Crippen LogP contribution in [0.25, 0.3) is 0 Å². The predicted molar refractivity (Wildman–Crippen MR) is 68.4 cm³/mol. The van der Waals surface area contributed by atoms with Crippen LogP contribution in [0.2, 0.25) is 0 Å². The molecule has 2 N–H and O–H groups in total. The third-order valence-corrected chi connectivity index (χ3v) is 3.04. The molecule has 1 unspecified atom stereocenters. The van der Waals surface area contributed by atoms with E-state index < -0.39 is 6.04 Å². The van der Waals surface area contributed by atoms with Crippen molar-refractivity contribution in [2.45, 2.75) is 25.3 Å². The number of hydrogen-bond donors (Lipinski definition) is 1. The Balaban J connectivity index is 1.91. The summed E-state index contributed by atoms with van der Waals surface area (Å²) in [5.41, 5.74) is 6.71. The van der Waals surface area contributed by atoms with Crippen LogP contribution in [0.15, 0.2) is 24.3 Å². The molecule has 0 amide bonds. The van der Waals surface area contributed by atoms with Crippen molar-refractivity contribution in [2.75, 3.05) is 13.7 Å². The third kappa shape index (κ3) is 3.74. The molecule has 1 aromatic rings. The van der Waals surface area contributed by atoms with Crippen molar-refractivity contribution >= 4 is 5.97 Å². The number of methoxy groups -OCH3 is 1. The van der Waals surface area contributed by atoms with Gasteiger partial charge in [-0.15, -0.1) is 0 Å². The van der Waals surface area contributed by atoms with Gasteiger partial charge in [-0.25, -0.2) is 0 Å². The first-order valence-electron chi connectivity index (χ1n) is 6.24. The van der Waals surface area contributed by atoms with E-state index in [2.05, 4.69) is 4.74 Å². The van der Waals surface area contributed by atoms with E-state index in [1.165, 1.54) is 20.0 Å². The third-order valence-electron chi connectivity index (χ3n) is 3.04. The van der Waals surface area contributed by atoms with Crippen molar-refractivity contribution in [2.24, 2.45) is 11.7 Å². The molecule has 0 aliphatic heterocycles. The molecule has 1 fully saturated rings. The second kappa shape index (κ2) is 5.87. The lowest BCUT2D eigenvalue weighted by molar-refractivity contribution is -0.142. The molecule has 1 aliphatic carbocycles. The normalized spacial score (nSPS) is 16.1. The van der Waals surface area contributed by atoms with Crippen molar-refractivity contribution in [3.05, 3.63) is 29.8 Å². The summed E-state index contributed by atoms with van der Waals surface area (Å²) in [6, 6.07) is 7.10. The predicted octanol–water partition coefficient (Wildman–Crippen LogP) is 1.52. The number of hydrogen-bond acceptors (Lipinski definition) is 4. The van der Waals surface area contributed by atoms with Crippen LogP contribution in [0.4, 0.5) is 0 Å². The average molecular weight is 249 g/mol. The summed E-state index contributed by atoms with van der Waals surface area (Å²) in [4.78, 5) is 11.2. The Morgan fingerprint density at radius 3 is 2.94 bits per heavy atom. The number of benzene rings is 1. The van der Waals surface area contributed by atoms with Gasteiger partial charge in [0, 0.05) is 0 Å². The minimum Gasteiger partial charge on any atom is -0.493 e. The van der Waals surface area contributed by atoms with Crippen LogP contribution in [0.1, 0.15) is 18.4 Å². The molecule has 98 valence electrons. The summed E-state index contributed by atoms with van der Waals surface area (Å²) < 4.78 is 10.3. The van der Waals surface area contributed by atoms with Crippen LogP contribution in [-0.4, -0.2) is 25.7 Å². The topological polar surface area (TPSA) is 61.5 Å². The Hall–Kier alpha value is -1.55. The van der Waals surface area contributed by atoms with Crippen LogP contribution in [0.5, 0.6) is 5.75 Å². The first-order chi connectivity index (χ1) is 8.69. The lowest BCUT2D eigenvalue weighted by atomic mass is 10.1. The second-order valence-corrected chi connectivity index (χ2v) is 4.74. The lowest BCUT2D eigenvalue weighted by Gasteiger charge is -2.11. The summed E-state index contributed by atoms with van der Waals surface area (Å²) in [6.07, 6.45) is 3.01. The molecule has 4 heteroatoms. The van der Waals surface area contributed by atoms with Crippen LogP contribution in [-0.2, 0) is 16.0 Å². The van der Waals surface area contributed by atoms with Crippen molar-refractivity contribution in [1.82, 2.24) is 0 Å². The maximum atomic E-state index is 11.2. The van der Waals surface area contributed by atoms with E-state index in [1.807, 2.05) is 24.3 Å². The zero-order valence-corrected chi connectivity index (χ0v) is 10.6. The van der Waals surface area contributed by atoms with E-state index in [0.29, 0.717) is 6.42 Å². The zero-order valence-electron chi connectivity index (χ0n) is 10.6. The molecule has 0 spiro atoms. The smallest absolute Gasteiger partial charge is 0.322 e. The van der Waals surface area contributed by atoms with E-state index in [-0.39, 0.29) is 5.97 Å². The van der Waals surface area contributed by atoms with E-state index in [0.717, 1.165) is 23.8 Å². The van der Waals surface area contributed by atoms with Gasteiger partial charge in [0.15, 0.2) is 0 Å². The zero-order chi connectivity index (χ0) is 13.0. The molecular weight excluding hydrogens is 230 g/mol. The van der Waals surface area contributed by atoms with Gasteiger partial charge in [0.1, 0.15) is 11.8 Å². The minimum atomic E-state index is -0.617. The lowest BCUT2D eigenvalue weighted by Crippen LogP contribution is -2.33. The Morgan fingerprint density at radius 2 is 2.28 bits per heavy atom. The number of carbonyl (C=O) groups excluding carboxylic acids is 1. The van der Waals surface area contributed by atoms with Gasteiger partial charge in [-0.3, -0.25) is 4.79 Å². The Bertz CT molecular complexity index is 415. The standard InChI is InChI=1S/C14H19NO3/c1-17-14(16)13(15)8-11-3-2-4-12(7-11)18-9-10-5-6-10/h2-4,7,10,13H,5-6,8-9,15H2,1H3. The van der Waals surface area contributed by atoms with Gasteiger partial charge in [-0.1, -0.05) is 12.1 Å². The van der Waals surface area contributed by atoms with Crippen molar-refractivity contribution in [1.29, 1.82) is 0 Å². The first-order valence-corrected chi connectivity index (χ1v) is 6.24. The molecule has 0 radical (unpaired) electrons. The van der Waals surface area contributed by atoms with E-state index >= 15 is 0 Å². The van der Waals surface area contributed by atoms with E-state index in [9.17, 15) is 4.79 Å². The number of rotatable bonds is 6. The summed E-state index contributed by atoms with van der Waals surface area (Å²) in [5, 5.41) is 0. The highest BCUT2D eigenvalue weighted by atomic mass is 16.5. The molecule has 0 saturated heterocycles. The number of esters is 1. The molecule has 1 aliphatic rings. The summed E-state index contributed by atoms with van der Waals surface area (Å²) in [5.74, 6) is 1.18. The monoisotopic (exact) mass is 249 g/mol. The fourth-order valence-corrected chi connectivity index (χ4v) is 1.75. The largest absolute Gasteiger partial charge is 0.493 e. The average Bonchev–Trinajstić information content (AvgIpc) is 3.20. The van der Waals surface area contributed by atoms with Gasteiger partial charge >= 0.3 is 5.97 Å². The molecule has 0 aromatic heterocycles. The van der Waals surface area contributed by atoms with Gasteiger partial charge < -0.3 is 15.2 Å². The molecular formula is C14H19NO3. The van der Waals surface area contributed by atoms with Crippen molar-refractivity contribution in [3.8, 4) is 5.75 Å². The van der Waals surface area contributed by atoms with Crippen molar-refractivity contribution in [3.63, 3.8) is 0 Å². The van der Waals surface area contributed by atoms with Gasteiger partial charge in [-0.2, -0.15) is 0 Å². The maximum Gasteiger partial charge on any atom is 0.322 e.